The van der Waals surface area contributed by atoms with Gasteiger partial charge in [-0.1, -0.05) is 11.6 Å². The largest absolute Gasteiger partial charge is 0.397 e. The van der Waals surface area contributed by atoms with Crippen LogP contribution in [0.4, 0.5) is 5.69 Å². The first kappa shape index (κ1) is 14.6. The van der Waals surface area contributed by atoms with Gasteiger partial charge in [0, 0.05) is 18.6 Å². The number of benzene rings is 1. The lowest BCUT2D eigenvalue weighted by Gasteiger charge is -2.15. The molecule has 0 amide bonds. The molecule has 1 aromatic rings. The van der Waals surface area contributed by atoms with Crippen molar-refractivity contribution in [1.29, 1.82) is 0 Å². The molecule has 0 unspecified atom stereocenters. The van der Waals surface area contributed by atoms with E-state index in [1.54, 1.807) is 6.92 Å². The number of aliphatic hydroxyl groups is 1. The second-order valence-corrected chi connectivity index (χ2v) is 7.26. The van der Waals surface area contributed by atoms with Gasteiger partial charge in [-0.2, -0.15) is 0 Å². The zero-order valence-corrected chi connectivity index (χ0v) is 12.2. The first-order valence-electron chi connectivity index (χ1n) is 5.96. The molecule has 0 bridgehead atoms. The van der Waals surface area contributed by atoms with Crippen molar-refractivity contribution in [3.05, 3.63) is 22.7 Å². The summed E-state index contributed by atoms with van der Waals surface area (Å²) < 4.78 is 27.0. The van der Waals surface area contributed by atoms with Gasteiger partial charge in [0.05, 0.1) is 15.6 Å². The van der Waals surface area contributed by atoms with Crippen molar-refractivity contribution >= 4 is 27.3 Å². The second-order valence-electron chi connectivity index (χ2n) is 5.12. The fraction of sp³-hybridized carbons (Fsp3) is 0.500. The van der Waals surface area contributed by atoms with Gasteiger partial charge in [-0.15, -0.1) is 0 Å². The van der Waals surface area contributed by atoms with Crippen molar-refractivity contribution in [2.45, 2.75) is 24.7 Å². The van der Waals surface area contributed by atoms with Crippen LogP contribution in [-0.4, -0.2) is 26.7 Å². The van der Waals surface area contributed by atoms with Crippen molar-refractivity contribution < 1.29 is 13.5 Å². The summed E-state index contributed by atoms with van der Waals surface area (Å²) in [5, 5.41) is 9.53. The predicted octanol–water partition coefficient (Wildman–Crippen LogP) is 1.28. The average Bonchev–Trinajstić information content (AvgIpc) is 3.12. The number of nitrogens with one attached hydrogen (secondary N) is 1. The maximum Gasteiger partial charge on any atom is 0.240 e. The van der Waals surface area contributed by atoms with Crippen molar-refractivity contribution in [2.75, 3.05) is 18.9 Å². The Morgan fingerprint density at radius 2 is 2.11 bits per heavy atom. The highest BCUT2D eigenvalue weighted by molar-refractivity contribution is 7.89. The normalized spacial score (nSPS) is 17.4. The van der Waals surface area contributed by atoms with E-state index in [1.165, 1.54) is 12.1 Å². The summed E-state index contributed by atoms with van der Waals surface area (Å²) in [5.74, 6) is 0. The molecular formula is C12H17ClN2O3S. The predicted molar refractivity (Wildman–Crippen MR) is 74.5 cm³/mol. The molecule has 19 heavy (non-hydrogen) atoms. The molecule has 1 fully saturated rings. The van der Waals surface area contributed by atoms with Crippen LogP contribution in [0.25, 0.3) is 0 Å². The number of hydrogen-bond acceptors (Lipinski definition) is 4. The Morgan fingerprint density at radius 1 is 1.47 bits per heavy atom. The minimum absolute atomic E-state index is 0.00272. The van der Waals surface area contributed by atoms with Crippen LogP contribution < -0.4 is 10.5 Å². The zero-order valence-electron chi connectivity index (χ0n) is 10.6. The van der Waals surface area contributed by atoms with Crippen LogP contribution in [-0.2, 0) is 10.0 Å². The number of hydrogen-bond donors (Lipinski definition) is 3. The molecule has 7 heteroatoms. The van der Waals surface area contributed by atoms with Gasteiger partial charge >= 0.3 is 0 Å². The topological polar surface area (TPSA) is 92.4 Å². The van der Waals surface area contributed by atoms with Crippen LogP contribution >= 0.6 is 11.6 Å². The molecule has 1 aliphatic carbocycles. The number of rotatable bonds is 5. The van der Waals surface area contributed by atoms with Gasteiger partial charge in [0.25, 0.3) is 0 Å². The highest BCUT2D eigenvalue weighted by Crippen LogP contribution is 2.44. The Balaban J connectivity index is 2.22. The van der Waals surface area contributed by atoms with Crippen LogP contribution in [0.2, 0.25) is 5.02 Å². The molecule has 1 aromatic carbocycles. The van der Waals surface area contributed by atoms with Crippen LogP contribution in [0, 0.1) is 12.3 Å². The molecule has 0 aliphatic heterocycles. The molecule has 1 saturated carbocycles. The van der Waals surface area contributed by atoms with Gasteiger partial charge in [0.2, 0.25) is 10.0 Å². The van der Waals surface area contributed by atoms with Crippen molar-refractivity contribution in [3.63, 3.8) is 0 Å². The molecule has 106 valence electrons. The first-order valence-corrected chi connectivity index (χ1v) is 7.82. The van der Waals surface area contributed by atoms with E-state index in [0.29, 0.717) is 10.6 Å². The van der Waals surface area contributed by atoms with Gasteiger partial charge in [0.1, 0.15) is 0 Å². The van der Waals surface area contributed by atoms with Gasteiger partial charge < -0.3 is 10.8 Å². The third-order valence-corrected chi connectivity index (χ3v) is 5.38. The number of nitrogens with two attached hydrogens (primary N) is 1. The molecule has 0 radical (unpaired) electrons. The number of aryl methyl sites for hydroxylation is 1. The summed E-state index contributed by atoms with van der Waals surface area (Å²) >= 11 is 5.84. The van der Waals surface area contributed by atoms with E-state index in [9.17, 15) is 13.5 Å². The molecule has 0 atom stereocenters. The lowest BCUT2D eigenvalue weighted by Crippen LogP contribution is -2.32. The van der Waals surface area contributed by atoms with Gasteiger partial charge in [-0.3, -0.25) is 0 Å². The number of nitrogen functional groups attached to an aromatic ring is 1. The Morgan fingerprint density at radius 3 is 2.63 bits per heavy atom. The smallest absolute Gasteiger partial charge is 0.240 e. The Bertz CT molecular complexity index is 597. The second kappa shape index (κ2) is 4.94. The van der Waals surface area contributed by atoms with Crippen LogP contribution in [0.15, 0.2) is 17.0 Å². The molecule has 0 spiro atoms. The van der Waals surface area contributed by atoms with Crippen molar-refractivity contribution in [2.24, 2.45) is 5.41 Å². The van der Waals surface area contributed by atoms with E-state index in [2.05, 4.69) is 4.72 Å². The highest BCUT2D eigenvalue weighted by atomic mass is 35.5. The van der Waals surface area contributed by atoms with Crippen LogP contribution in [0.5, 0.6) is 0 Å². The summed E-state index contributed by atoms with van der Waals surface area (Å²) in [5.41, 5.74) is 6.14. The third kappa shape index (κ3) is 3.02. The van der Waals surface area contributed by atoms with Crippen molar-refractivity contribution in [3.8, 4) is 0 Å². The number of aliphatic hydroxyl groups excluding tert-OH is 1. The summed E-state index contributed by atoms with van der Waals surface area (Å²) in [6, 6.07) is 2.89. The Labute approximate surface area is 117 Å². The number of anilines is 1. The van der Waals surface area contributed by atoms with Gasteiger partial charge in [-0.05, 0) is 37.5 Å². The maximum absolute atomic E-state index is 12.2. The molecule has 1 aliphatic rings. The van der Waals surface area contributed by atoms with E-state index in [4.69, 9.17) is 17.3 Å². The maximum atomic E-state index is 12.2. The highest BCUT2D eigenvalue weighted by Gasteiger charge is 2.42. The molecule has 0 saturated heterocycles. The Kier molecular flexibility index (Phi) is 3.79. The first-order chi connectivity index (χ1) is 8.80. The molecule has 0 aromatic heterocycles. The van der Waals surface area contributed by atoms with Gasteiger partial charge in [0.15, 0.2) is 0 Å². The minimum atomic E-state index is -3.63. The standard InChI is InChI=1S/C12H17ClN2O3S/c1-8-4-9(13)10(14)5-11(8)19(17,18)15-6-12(7-16)2-3-12/h4-5,15-16H,2-3,6-7,14H2,1H3. The summed E-state index contributed by atoms with van der Waals surface area (Å²) in [6.45, 7) is 1.91. The minimum Gasteiger partial charge on any atom is -0.397 e. The van der Waals surface area contributed by atoms with E-state index >= 15 is 0 Å². The van der Waals surface area contributed by atoms with E-state index in [0.717, 1.165) is 12.8 Å². The fourth-order valence-corrected chi connectivity index (χ4v) is 3.49. The summed E-state index contributed by atoms with van der Waals surface area (Å²) in [4.78, 5) is 0.128. The average molecular weight is 305 g/mol. The van der Waals surface area contributed by atoms with Crippen LogP contribution in [0.3, 0.4) is 0 Å². The monoisotopic (exact) mass is 304 g/mol. The molecule has 5 nitrogen and oxygen atoms in total. The molecule has 2 rings (SSSR count). The van der Waals surface area contributed by atoms with Crippen molar-refractivity contribution in [1.82, 2.24) is 4.72 Å². The lowest BCUT2D eigenvalue weighted by atomic mass is 10.1. The van der Waals surface area contributed by atoms with E-state index in [-0.39, 0.29) is 29.1 Å². The SMILES string of the molecule is Cc1cc(Cl)c(N)cc1S(=O)(=O)NCC1(CO)CC1. The summed E-state index contributed by atoms with van der Waals surface area (Å²) in [6.07, 6.45) is 1.68. The molecule has 4 N–H and O–H groups in total. The number of halogens is 1. The third-order valence-electron chi connectivity index (χ3n) is 3.51. The van der Waals surface area contributed by atoms with Crippen LogP contribution in [0.1, 0.15) is 18.4 Å². The quantitative estimate of drug-likeness (QED) is 0.715. The molecule has 0 heterocycles. The lowest BCUT2D eigenvalue weighted by molar-refractivity contribution is 0.213. The zero-order chi connectivity index (χ0) is 14.3. The Hall–Kier alpha value is -0.820. The van der Waals surface area contributed by atoms with E-state index in [1.807, 2.05) is 0 Å². The molecular weight excluding hydrogens is 288 g/mol. The number of sulfonamides is 1. The fourth-order valence-electron chi connectivity index (χ4n) is 1.85. The van der Waals surface area contributed by atoms with Gasteiger partial charge in [-0.25, -0.2) is 13.1 Å². The summed E-state index contributed by atoms with van der Waals surface area (Å²) in [7, 11) is -3.63. The van der Waals surface area contributed by atoms with E-state index < -0.39 is 10.0 Å².